The number of phenolic OH excluding ortho intramolecular Hbond substituents is 1. The maximum atomic E-state index is 13.1. The highest BCUT2D eigenvalue weighted by atomic mass is 19.1. The van der Waals surface area contributed by atoms with Gasteiger partial charge in [0, 0.05) is 13.1 Å². The highest BCUT2D eigenvalue weighted by Gasteiger charge is 2.19. The van der Waals surface area contributed by atoms with Crippen LogP contribution in [-0.2, 0) is 0 Å². The van der Waals surface area contributed by atoms with Crippen molar-refractivity contribution in [3.05, 3.63) is 29.6 Å². The van der Waals surface area contributed by atoms with Crippen LogP contribution in [0.15, 0.2) is 18.2 Å². The average Bonchev–Trinajstić information content (AvgIpc) is 2.37. The number of aromatic hydroxyl groups is 1. The number of phenols is 1. The summed E-state index contributed by atoms with van der Waals surface area (Å²) in [5.41, 5.74) is 0.0279. The fourth-order valence-electron chi connectivity index (χ4n) is 1.71. The molecule has 0 aliphatic rings. The van der Waals surface area contributed by atoms with Gasteiger partial charge in [-0.3, -0.25) is 4.79 Å². The van der Waals surface area contributed by atoms with Gasteiger partial charge in [0.05, 0.1) is 5.56 Å². The molecular weight excluding hydrogens is 233 g/mol. The molecule has 1 atom stereocenters. The van der Waals surface area contributed by atoms with E-state index in [1.165, 1.54) is 6.07 Å². The second-order valence-corrected chi connectivity index (χ2v) is 4.52. The predicted octanol–water partition coefficient (Wildman–Crippen LogP) is 3.04. The number of halogens is 1. The Labute approximate surface area is 107 Å². The minimum atomic E-state index is -0.518. The van der Waals surface area contributed by atoms with Gasteiger partial charge in [-0.25, -0.2) is 4.39 Å². The van der Waals surface area contributed by atoms with Gasteiger partial charge in [0.1, 0.15) is 11.6 Å². The summed E-state index contributed by atoms with van der Waals surface area (Å²) in [6.45, 7) is 7.14. The third-order valence-corrected chi connectivity index (χ3v) is 3.09. The lowest BCUT2D eigenvalue weighted by Crippen LogP contribution is -2.34. The molecule has 0 aliphatic carbocycles. The van der Waals surface area contributed by atoms with Crippen LogP contribution < -0.4 is 0 Å². The van der Waals surface area contributed by atoms with Gasteiger partial charge < -0.3 is 10.0 Å². The Morgan fingerprint density at radius 1 is 1.44 bits per heavy atom. The fourth-order valence-corrected chi connectivity index (χ4v) is 1.71. The molecule has 18 heavy (non-hydrogen) atoms. The van der Waals surface area contributed by atoms with Crippen molar-refractivity contribution in [2.45, 2.75) is 27.2 Å². The molecule has 0 aliphatic heterocycles. The maximum absolute atomic E-state index is 13.1. The quantitative estimate of drug-likeness (QED) is 0.876. The lowest BCUT2D eigenvalue weighted by Gasteiger charge is -2.24. The molecule has 1 N–H and O–H groups in total. The molecule has 0 saturated carbocycles. The molecule has 1 aromatic carbocycles. The first-order valence-corrected chi connectivity index (χ1v) is 6.27. The Morgan fingerprint density at radius 3 is 2.67 bits per heavy atom. The predicted molar refractivity (Wildman–Crippen MR) is 69.1 cm³/mol. The Morgan fingerprint density at radius 2 is 2.11 bits per heavy atom. The Kier molecular flexibility index (Phi) is 5.13. The second-order valence-electron chi connectivity index (χ2n) is 4.52. The minimum Gasteiger partial charge on any atom is -0.507 e. The van der Waals surface area contributed by atoms with Crippen molar-refractivity contribution in [2.24, 2.45) is 5.92 Å². The average molecular weight is 253 g/mol. The highest BCUT2D eigenvalue weighted by Crippen LogP contribution is 2.20. The molecule has 1 rings (SSSR count). The van der Waals surface area contributed by atoms with Crippen molar-refractivity contribution in [1.82, 2.24) is 4.90 Å². The summed E-state index contributed by atoms with van der Waals surface area (Å²) in [4.78, 5) is 13.8. The number of carbonyl (C=O) groups excluding carboxylic acids is 1. The topological polar surface area (TPSA) is 40.5 Å². The lowest BCUT2D eigenvalue weighted by atomic mass is 10.1. The molecule has 100 valence electrons. The smallest absolute Gasteiger partial charge is 0.257 e. The summed E-state index contributed by atoms with van der Waals surface area (Å²) in [5.74, 6) is -0.640. The van der Waals surface area contributed by atoms with Crippen LogP contribution >= 0.6 is 0 Å². The van der Waals surface area contributed by atoms with Crippen molar-refractivity contribution in [2.75, 3.05) is 13.1 Å². The zero-order valence-electron chi connectivity index (χ0n) is 11.1. The van der Waals surface area contributed by atoms with Crippen LogP contribution in [0.1, 0.15) is 37.6 Å². The third-order valence-electron chi connectivity index (χ3n) is 3.09. The summed E-state index contributed by atoms with van der Waals surface area (Å²) in [7, 11) is 0. The lowest BCUT2D eigenvalue weighted by molar-refractivity contribution is 0.0737. The van der Waals surface area contributed by atoms with E-state index >= 15 is 0 Å². The molecule has 0 spiro atoms. The van der Waals surface area contributed by atoms with E-state index in [0.29, 0.717) is 19.0 Å². The molecule has 1 unspecified atom stereocenters. The van der Waals surface area contributed by atoms with Crippen LogP contribution in [0, 0.1) is 11.7 Å². The van der Waals surface area contributed by atoms with Crippen molar-refractivity contribution in [3.63, 3.8) is 0 Å². The number of amides is 1. The molecule has 0 bridgehead atoms. The van der Waals surface area contributed by atoms with Crippen LogP contribution in [0.25, 0.3) is 0 Å². The van der Waals surface area contributed by atoms with E-state index in [1.807, 2.05) is 6.92 Å². The standard InChI is InChI=1S/C14H20FNO2/c1-4-10(3)9-16(5-2)14(18)12-8-11(15)6-7-13(12)17/h6-8,10,17H,4-5,9H2,1-3H3. The molecule has 1 aromatic rings. The van der Waals surface area contributed by atoms with Gasteiger partial charge in [-0.05, 0) is 31.0 Å². The van der Waals surface area contributed by atoms with Crippen LogP contribution in [0.5, 0.6) is 5.75 Å². The number of benzene rings is 1. The molecule has 0 saturated heterocycles. The molecule has 0 fully saturated rings. The normalized spacial score (nSPS) is 12.2. The molecule has 0 radical (unpaired) electrons. The number of carbonyl (C=O) groups is 1. The SMILES string of the molecule is CCC(C)CN(CC)C(=O)c1cc(F)ccc1O. The zero-order chi connectivity index (χ0) is 13.7. The molecule has 0 aromatic heterocycles. The summed E-state index contributed by atoms with van der Waals surface area (Å²) in [6, 6.07) is 3.42. The molecule has 1 amide bonds. The first kappa shape index (κ1) is 14.5. The van der Waals surface area contributed by atoms with E-state index in [0.717, 1.165) is 18.6 Å². The number of hydrogen-bond donors (Lipinski definition) is 1. The van der Waals surface area contributed by atoms with Gasteiger partial charge in [0.25, 0.3) is 5.91 Å². The van der Waals surface area contributed by atoms with E-state index < -0.39 is 5.82 Å². The maximum Gasteiger partial charge on any atom is 0.257 e. The van der Waals surface area contributed by atoms with E-state index in [4.69, 9.17) is 0 Å². The van der Waals surface area contributed by atoms with E-state index in [9.17, 15) is 14.3 Å². The first-order chi connectivity index (χ1) is 8.49. The minimum absolute atomic E-state index is 0.0279. The van der Waals surface area contributed by atoms with E-state index in [1.54, 1.807) is 4.90 Å². The largest absolute Gasteiger partial charge is 0.507 e. The van der Waals surface area contributed by atoms with Crippen LogP contribution in [0.4, 0.5) is 4.39 Å². The van der Waals surface area contributed by atoms with Crippen LogP contribution in [-0.4, -0.2) is 29.0 Å². The van der Waals surface area contributed by atoms with Gasteiger partial charge in [-0.15, -0.1) is 0 Å². The number of nitrogens with zero attached hydrogens (tertiary/aromatic N) is 1. The highest BCUT2D eigenvalue weighted by molar-refractivity contribution is 5.96. The van der Waals surface area contributed by atoms with Crippen molar-refractivity contribution in [1.29, 1.82) is 0 Å². The van der Waals surface area contributed by atoms with Crippen LogP contribution in [0.2, 0.25) is 0 Å². The van der Waals surface area contributed by atoms with E-state index in [-0.39, 0.29) is 17.2 Å². The van der Waals surface area contributed by atoms with E-state index in [2.05, 4.69) is 13.8 Å². The molecule has 4 heteroatoms. The van der Waals surface area contributed by atoms with Crippen molar-refractivity contribution >= 4 is 5.91 Å². The third kappa shape index (κ3) is 3.45. The Hall–Kier alpha value is -1.58. The molecule has 3 nitrogen and oxygen atoms in total. The Balaban J connectivity index is 2.92. The molecular formula is C14H20FNO2. The fraction of sp³-hybridized carbons (Fsp3) is 0.500. The number of hydrogen-bond acceptors (Lipinski definition) is 2. The van der Waals surface area contributed by atoms with Gasteiger partial charge in [-0.2, -0.15) is 0 Å². The summed E-state index contributed by atoms with van der Waals surface area (Å²) < 4.78 is 13.1. The Bertz CT molecular complexity index is 420. The second kappa shape index (κ2) is 6.38. The van der Waals surface area contributed by atoms with Gasteiger partial charge in [0.2, 0.25) is 0 Å². The summed E-state index contributed by atoms with van der Waals surface area (Å²) in [5, 5.41) is 9.63. The summed E-state index contributed by atoms with van der Waals surface area (Å²) in [6.07, 6.45) is 0.971. The summed E-state index contributed by atoms with van der Waals surface area (Å²) >= 11 is 0. The van der Waals surface area contributed by atoms with Crippen LogP contribution in [0.3, 0.4) is 0 Å². The van der Waals surface area contributed by atoms with Gasteiger partial charge in [0.15, 0.2) is 0 Å². The zero-order valence-corrected chi connectivity index (χ0v) is 11.1. The first-order valence-electron chi connectivity index (χ1n) is 6.27. The van der Waals surface area contributed by atoms with Gasteiger partial charge >= 0.3 is 0 Å². The molecule has 0 heterocycles. The van der Waals surface area contributed by atoms with Gasteiger partial charge in [-0.1, -0.05) is 20.3 Å². The van der Waals surface area contributed by atoms with Crippen molar-refractivity contribution < 1.29 is 14.3 Å². The van der Waals surface area contributed by atoms with Crippen molar-refractivity contribution in [3.8, 4) is 5.75 Å². The monoisotopic (exact) mass is 253 g/mol. The number of rotatable bonds is 5.